The number of amides is 2. The molecule has 0 spiro atoms. The van der Waals surface area contributed by atoms with Crippen LogP contribution in [0.15, 0.2) is 59.6 Å². The zero-order valence-electron chi connectivity index (χ0n) is 20.4. The number of pyridine rings is 1. The first kappa shape index (κ1) is 25.1. The maximum atomic E-state index is 13.6. The number of aromatic nitrogens is 1. The summed E-state index contributed by atoms with van der Waals surface area (Å²) in [5.74, 6) is -1.05. The second-order valence-corrected chi connectivity index (χ2v) is 11.3. The average molecular weight is 526 g/mol. The Morgan fingerprint density at radius 3 is 2.57 bits per heavy atom. The van der Waals surface area contributed by atoms with Crippen LogP contribution in [0, 0.1) is 11.7 Å². The lowest BCUT2D eigenvalue weighted by Gasteiger charge is -2.37. The maximum Gasteiger partial charge on any atom is 0.243 e. The summed E-state index contributed by atoms with van der Waals surface area (Å²) in [7, 11) is -3.79. The smallest absolute Gasteiger partial charge is 0.243 e. The fraction of sp³-hybridized carbons (Fsp3) is 0.346. The van der Waals surface area contributed by atoms with Crippen molar-refractivity contribution in [3.63, 3.8) is 0 Å². The minimum absolute atomic E-state index is 0.0361. The van der Waals surface area contributed by atoms with Crippen LogP contribution >= 0.6 is 0 Å². The van der Waals surface area contributed by atoms with Gasteiger partial charge in [-0.2, -0.15) is 4.31 Å². The van der Waals surface area contributed by atoms with Gasteiger partial charge in [-0.25, -0.2) is 12.8 Å². The normalized spacial score (nSPS) is 18.8. The number of hydrogen-bond donors (Lipinski definition) is 1. The number of nitrogens with one attached hydrogen (secondary N) is 1. The van der Waals surface area contributed by atoms with Gasteiger partial charge in [0.15, 0.2) is 0 Å². The molecule has 2 aliphatic heterocycles. The van der Waals surface area contributed by atoms with Gasteiger partial charge in [0.2, 0.25) is 21.8 Å². The fourth-order valence-corrected chi connectivity index (χ4v) is 6.59. The largest absolute Gasteiger partial charge is 0.367 e. The van der Waals surface area contributed by atoms with Gasteiger partial charge >= 0.3 is 0 Å². The standard InChI is InChI=1S/C26H28FN5O4S/c1-18(33)29-21-3-2-4-22(16-21)37(35,36)32-10-8-19(17-32)26(34)31-13-11-30(12-14-31)25-7-9-28-24-15-20(27)5-6-23(24)25/h2-7,9,15-16,19H,8,10-14,17H2,1H3,(H,29,33). The summed E-state index contributed by atoms with van der Waals surface area (Å²) in [5, 5.41) is 3.46. The van der Waals surface area contributed by atoms with Gasteiger partial charge in [0.05, 0.1) is 16.3 Å². The third-order valence-corrected chi connectivity index (χ3v) is 8.77. The molecule has 3 heterocycles. The summed E-state index contributed by atoms with van der Waals surface area (Å²) < 4.78 is 41.3. The molecule has 5 rings (SSSR count). The van der Waals surface area contributed by atoms with Crippen molar-refractivity contribution in [1.82, 2.24) is 14.2 Å². The molecular weight excluding hydrogens is 497 g/mol. The van der Waals surface area contributed by atoms with Crippen molar-refractivity contribution in [3.05, 3.63) is 60.5 Å². The summed E-state index contributed by atoms with van der Waals surface area (Å²) >= 11 is 0. The van der Waals surface area contributed by atoms with Crippen molar-refractivity contribution in [3.8, 4) is 0 Å². The Hall–Kier alpha value is -3.57. The van der Waals surface area contributed by atoms with E-state index in [-0.39, 0.29) is 35.6 Å². The highest BCUT2D eigenvalue weighted by atomic mass is 32.2. The lowest BCUT2D eigenvalue weighted by Crippen LogP contribution is -2.50. The van der Waals surface area contributed by atoms with E-state index >= 15 is 0 Å². The number of halogens is 1. The molecule has 2 saturated heterocycles. The van der Waals surface area contributed by atoms with E-state index in [0.29, 0.717) is 43.8 Å². The second-order valence-electron chi connectivity index (χ2n) is 9.36. The molecule has 9 nitrogen and oxygen atoms in total. The third kappa shape index (κ3) is 5.14. The van der Waals surface area contributed by atoms with Gasteiger partial charge in [0, 0.05) is 75.2 Å². The van der Waals surface area contributed by atoms with Crippen LogP contribution in [-0.2, 0) is 19.6 Å². The molecule has 2 amide bonds. The van der Waals surface area contributed by atoms with Crippen molar-refractivity contribution in [2.75, 3.05) is 49.5 Å². The van der Waals surface area contributed by atoms with E-state index in [2.05, 4.69) is 15.2 Å². The Labute approximate surface area is 214 Å². The Morgan fingerprint density at radius 2 is 1.81 bits per heavy atom. The summed E-state index contributed by atoms with van der Waals surface area (Å²) in [5.41, 5.74) is 1.95. The lowest BCUT2D eigenvalue weighted by molar-refractivity contribution is -0.135. The van der Waals surface area contributed by atoms with Crippen molar-refractivity contribution >= 4 is 44.1 Å². The number of anilines is 2. The number of nitrogens with zero attached hydrogens (tertiary/aromatic N) is 4. The maximum absolute atomic E-state index is 13.6. The number of benzene rings is 2. The molecule has 2 fully saturated rings. The number of fused-ring (bicyclic) bond motifs is 1. The summed E-state index contributed by atoms with van der Waals surface area (Å²) in [6.07, 6.45) is 2.12. The van der Waals surface area contributed by atoms with Crippen molar-refractivity contribution in [2.24, 2.45) is 5.92 Å². The number of rotatable bonds is 5. The van der Waals surface area contributed by atoms with Crippen LogP contribution in [0.5, 0.6) is 0 Å². The number of hydrogen-bond acceptors (Lipinski definition) is 6. The van der Waals surface area contributed by atoms with Crippen LogP contribution in [0.3, 0.4) is 0 Å². The molecule has 11 heteroatoms. The number of sulfonamides is 1. The molecule has 1 atom stereocenters. The molecule has 0 aliphatic carbocycles. The lowest BCUT2D eigenvalue weighted by atomic mass is 10.1. The van der Waals surface area contributed by atoms with Gasteiger partial charge in [0.1, 0.15) is 5.82 Å². The van der Waals surface area contributed by atoms with Crippen LogP contribution in [0.2, 0.25) is 0 Å². The van der Waals surface area contributed by atoms with Crippen molar-refractivity contribution in [1.29, 1.82) is 0 Å². The Bertz CT molecular complexity index is 1460. The molecule has 1 aromatic heterocycles. The first-order valence-electron chi connectivity index (χ1n) is 12.2. The van der Waals surface area contributed by atoms with E-state index < -0.39 is 15.9 Å². The Balaban J connectivity index is 1.22. The minimum Gasteiger partial charge on any atom is -0.367 e. The number of piperazine rings is 1. The first-order valence-corrected chi connectivity index (χ1v) is 13.6. The van der Waals surface area contributed by atoms with E-state index in [9.17, 15) is 22.4 Å². The van der Waals surface area contributed by atoms with E-state index in [0.717, 1.165) is 11.1 Å². The topological polar surface area (TPSA) is 103 Å². The van der Waals surface area contributed by atoms with E-state index in [1.165, 1.54) is 35.5 Å². The molecule has 2 aliphatic rings. The van der Waals surface area contributed by atoms with Gasteiger partial charge in [0.25, 0.3) is 0 Å². The van der Waals surface area contributed by atoms with E-state index in [1.54, 1.807) is 29.3 Å². The monoisotopic (exact) mass is 525 g/mol. The summed E-state index contributed by atoms with van der Waals surface area (Å²) in [6.45, 7) is 4.03. The SMILES string of the molecule is CC(=O)Nc1cccc(S(=O)(=O)N2CCC(C(=O)N3CCN(c4ccnc5cc(F)ccc45)CC3)C2)c1. The summed E-state index contributed by atoms with van der Waals surface area (Å²) in [6, 6.07) is 12.6. The second kappa shape index (κ2) is 10.1. The van der Waals surface area contributed by atoms with Crippen LogP contribution in [0.1, 0.15) is 13.3 Å². The first-order chi connectivity index (χ1) is 17.7. The predicted octanol–water partition coefficient (Wildman–Crippen LogP) is 2.69. The number of carbonyl (C=O) groups excluding carboxylic acids is 2. The molecule has 37 heavy (non-hydrogen) atoms. The highest BCUT2D eigenvalue weighted by Crippen LogP contribution is 2.29. The quantitative estimate of drug-likeness (QED) is 0.550. The molecule has 0 bridgehead atoms. The molecule has 1 N–H and O–H groups in total. The predicted molar refractivity (Wildman–Crippen MR) is 138 cm³/mol. The minimum atomic E-state index is -3.79. The Kier molecular flexibility index (Phi) is 6.82. The van der Waals surface area contributed by atoms with Gasteiger partial charge in [-0.05, 0) is 42.8 Å². The molecule has 194 valence electrons. The molecule has 0 saturated carbocycles. The van der Waals surface area contributed by atoms with E-state index in [4.69, 9.17) is 0 Å². The van der Waals surface area contributed by atoms with Crippen LogP contribution in [0.25, 0.3) is 10.9 Å². The number of carbonyl (C=O) groups is 2. The molecule has 2 aromatic carbocycles. The van der Waals surface area contributed by atoms with Gasteiger partial charge < -0.3 is 15.1 Å². The van der Waals surface area contributed by atoms with E-state index in [1.807, 2.05) is 6.07 Å². The highest BCUT2D eigenvalue weighted by Gasteiger charge is 2.38. The third-order valence-electron chi connectivity index (χ3n) is 6.91. The van der Waals surface area contributed by atoms with Gasteiger partial charge in [-0.1, -0.05) is 6.07 Å². The van der Waals surface area contributed by atoms with Crippen LogP contribution < -0.4 is 10.2 Å². The highest BCUT2D eigenvalue weighted by molar-refractivity contribution is 7.89. The molecule has 0 radical (unpaired) electrons. The average Bonchev–Trinajstić information content (AvgIpc) is 3.39. The summed E-state index contributed by atoms with van der Waals surface area (Å²) in [4.78, 5) is 32.9. The van der Waals surface area contributed by atoms with Gasteiger partial charge in [-0.15, -0.1) is 0 Å². The Morgan fingerprint density at radius 1 is 1.03 bits per heavy atom. The molecule has 3 aromatic rings. The molecular formula is C26H28FN5O4S. The van der Waals surface area contributed by atoms with Crippen LogP contribution in [-0.4, -0.2) is 73.7 Å². The molecule has 1 unspecified atom stereocenters. The zero-order chi connectivity index (χ0) is 26.2. The zero-order valence-corrected chi connectivity index (χ0v) is 21.2. The van der Waals surface area contributed by atoms with Crippen molar-refractivity contribution in [2.45, 2.75) is 18.2 Å². The fourth-order valence-electron chi connectivity index (χ4n) is 5.04. The van der Waals surface area contributed by atoms with Crippen LogP contribution in [0.4, 0.5) is 15.8 Å². The van der Waals surface area contributed by atoms with Gasteiger partial charge in [-0.3, -0.25) is 14.6 Å². The van der Waals surface area contributed by atoms with Crippen molar-refractivity contribution < 1.29 is 22.4 Å².